The number of carbonyl (C=O) groups is 3. The van der Waals surface area contributed by atoms with Gasteiger partial charge in [-0.2, -0.15) is 0 Å². The molecule has 2 aliphatic heterocycles. The summed E-state index contributed by atoms with van der Waals surface area (Å²) in [6.07, 6.45) is 0.305. The molecule has 2 atom stereocenters. The Morgan fingerprint density at radius 1 is 1.29 bits per heavy atom. The van der Waals surface area contributed by atoms with E-state index in [1.54, 1.807) is 17.0 Å². The molecule has 7 nitrogen and oxygen atoms in total. The van der Waals surface area contributed by atoms with E-state index in [9.17, 15) is 14.4 Å². The van der Waals surface area contributed by atoms with Gasteiger partial charge in [-0.3, -0.25) is 14.9 Å². The third-order valence-electron chi connectivity index (χ3n) is 4.17. The predicted octanol–water partition coefficient (Wildman–Crippen LogP) is 1.23. The van der Waals surface area contributed by atoms with Crippen molar-refractivity contribution < 1.29 is 19.1 Å². The molecule has 4 amide bonds. The van der Waals surface area contributed by atoms with Crippen molar-refractivity contribution in [3.05, 3.63) is 34.9 Å². The van der Waals surface area contributed by atoms with Crippen LogP contribution in [-0.2, 0) is 14.3 Å². The van der Waals surface area contributed by atoms with Gasteiger partial charge < -0.3 is 15.0 Å². The van der Waals surface area contributed by atoms with E-state index in [2.05, 4.69) is 10.6 Å². The van der Waals surface area contributed by atoms with Gasteiger partial charge in [-0.1, -0.05) is 23.7 Å². The van der Waals surface area contributed by atoms with Crippen molar-refractivity contribution in [1.82, 2.24) is 15.5 Å². The van der Waals surface area contributed by atoms with Crippen molar-refractivity contribution >= 4 is 29.4 Å². The summed E-state index contributed by atoms with van der Waals surface area (Å²) >= 11 is 5.89. The maximum atomic E-state index is 12.4. The number of amides is 4. The van der Waals surface area contributed by atoms with Crippen LogP contribution in [0.4, 0.5) is 4.79 Å². The van der Waals surface area contributed by atoms with Crippen LogP contribution in [0.15, 0.2) is 24.3 Å². The molecule has 0 bridgehead atoms. The highest BCUT2D eigenvalue weighted by atomic mass is 35.5. The molecule has 0 aromatic heterocycles. The molecule has 2 unspecified atom stereocenters. The molecule has 2 N–H and O–H groups in total. The number of nitrogens with zero attached hydrogens (tertiary/aromatic N) is 1. The fraction of sp³-hybridized carbons (Fsp3) is 0.438. The van der Waals surface area contributed by atoms with E-state index in [1.807, 2.05) is 12.1 Å². The molecule has 0 radical (unpaired) electrons. The lowest BCUT2D eigenvalue weighted by molar-refractivity contribution is -0.139. The molecule has 2 fully saturated rings. The van der Waals surface area contributed by atoms with Crippen molar-refractivity contribution in [3.8, 4) is 0 Å². The van der Waals surface area contributed by atoms with Gasteiger partial charge in [0.2, 0.25) is 5.91 Å². The average molecular weight is 352 g/mol. The van der Waals surface area contributed by atoms with Crippen LogP contribution < -0.4 is 10.6 Å². The van der Waals surface area contributed by atoms with Crippen molar-refractivity contribution in [2.24, 2.45) is 0 Å². The van der Waals surface area contributed by atoms with Crippen LogP contribution in [0.25, 0.3) is 0 Å². The molecule has 2 aliphatic rings. The Labute approximate surface area is 144 Å². The molecule has 3 rings (SSSR count). The Morgan fingerprint density at radius 3 is 2.71 bits per heavy atom. The number of morpholine rings is 1. The van der Waals surface area contributed by atoms with Crippen LogP contribution in [0.5, 0.6) is 0 Å². The van der Waals surface area contributed by atoms with Crippen LogP contribution in [0.1, 0.15) is 24.5 Å². The van der Waals surface area contributed by atoms with Crippen molar-refractivity contribution in [1.29, 1.82) is 0 Å². The normalized spacial score (nSPS) is 23.8. The Balaban J connectivity index is 1.54. The number of imide groups is 1. The van der Waals surface area contributed by atoms with Crippen LogP contribution in [0, 0.1) is 0 Å². The molecule has 0 aliphatic carbocycles. The molecule has 2 saturated heterocycles. The lowest BCUT2D eigenvalue weighted by Crippen LogP contribution is -2.43. The fourth-order valence-electron chi connectivity index (χ4n) is 2.84. The Hall–Kier alpha value is -2.12. The highest BCUT2D eigenvalue weighted by Crippen LogP contribution is 2.24. The van der Waals surface area contributed by atoms with Gasteiger partial charge in [0, 0.05) is 18.0 Å². The van der Waals surface area contributed by atoms with Gasteiger partial charge in [-0.15, -0.1) is 0 Å². The highest BCUT2D eigenvalue weighted by Gasteiger charge is 2.31. The van der Waals surface area contributed by atoms with Gasteiger partial charge in [-0.25, -0.2) is 4.79 Å². The predicted molar refractivity (Wildman–Crippen MR) is 86.4 cm³/mol. The number of hydrogen-bond donors (Lipinski definition) is 2. The smallest absolute Gasteiger partial charge is 0.322 e. The zero-order chi connectivity index (χ0) is 17.1. The van der Waals surface area contributed by atoms with E-state index in [1.165, 1.54) is 0 Å². The zero-order valence-corrected chi connectivity index (χ0v) is 13.7. The first kappa shape index (κ1) is 16.7. The minimum atomic E-state index is -0.630. The Kier molecular flexibility index (Phi) is 5.01. The van der Waals surface area contributed by atoms with Gasteiger partial charge in [-0.05, 0) is 24.1 Å². The second-order valence-electron chi connectivity index (χ2n) is 5.80. The van der Waals surface area contributed by atoms with E-state index in [-0.39, 0.29) is 24.3 Å². The number of hydrogen-bond acceptors (Lipinski definition) is 4. The van der Waals surface area contributed by atoms with Gasteiger partial charge in [0.15, 0.2) is 0 Å². The number of benzene rings is 1. The third-order valence-corrected chi connectivity index (χ3v) is 4.42. The molecular weight excluding hydrogens is 334 g/mol. The maximum absolute atomic E-state index is 12.4. The summed E-state index contributed by atoms with van der Waals surface area (Å²) in [4.78, 5) is 36.7. The molecule has 128 valence electrons. The van der Waals surface area contributed by atoms with Crippen molar-refractivity contribution in [2.45, 2.75) is 25.0 Å². The summed E-state index contributed by atoms with van der Waals surface area (Å²) < 4.78 is 5.74. The lowest BCUT2D eigenvalue weighted by Gasteiger charge is -2.33. The van der Waals surface area contributed by atoms with Gasteiger partial charge in [0.1, 0.15) is 12.1 Å². The topological polar surface area (TPSA) is 87.7 Å². The standard InChI is InChI=1S/C16H18ClN3O4/c17-11-3-1-10(2-4-11)13-9-20(7-8-24-13)14(21)6-5-12-15(22)19-16(23)18-12/h1-4,12-13H,5-9H2,(H2,18,19,22,23). The van der Waals surface area contributed by atoms with E-state index >= 15 is 0 Å². The highest BCUT2D eigenvalue weighted by molar-refractivity contribution is 6.30. The van der Waals surface area contributed by atoms with Crippen LogP contribution in [-0.4, -0.2) is 48.5 Å². The van der Waals surface area contributed by atoms with Crippen LogP contribution in [0.3, 0.4) is 0 Å². The summed E-state index contributed by atoms with van der Waals surface area (Å²) in [6, 6.07) is 6.23. The van der Waals surface area contributed by atoms with E-state index in [0.29, 0.717) is 31.1 Å². The molecule has 8 heteroatoms. The Bertz CT molecular complexity index is 649. The van der Waals surface area contributed by atoms with E-state index in [0.717, 1.165) is 5.56 Å². The number of rotatable bonds is 4. The monoisotopic (exact) mass is 351 g/mol. The SMILES string of the molecule is O=C1NC(=O)C(CCC(=O)N2CCOC(c3ccc(Cl)cc3)C2)N1. The molecular formula is C16H18ClN3O4. The largest absolute Gasteiger partial charge is 0.370 e. The number of nitrogens with one attached hydrogen (secondary N) is 2. The van der Waals surface area contributed by atoms with E-state index in [4.69, 9.17) is 16.3 Å². The Morgan fingerprint density at radius 2 is 2.04 bits per heavy atom. The van der Waals surface area contributed by atoms with Gasteiger partial charge in [0.05, 0.1) is 13.2 Å². The number of halogens is 1. The molecule has 2 heterocycles. The first-order valence-electron chi connectivity index (χ1n) is 7.79. The summed E-state index contributed by atoms with van der Waals surface area (Å²) in [6.45, 7) is 1.44. The van der Waals surface area contributed by atoms with Gasteiger partial charge in [0.25, 0.3) is 5.91 Å². The number of urea groups is 1. The molecule has 1 aromatic carbocycles. The molecule has 0 spiro atoms. The molecule has 24 heavy (non-hydrogen) atoms. The molecule has 0 saturated carbocycles. The summed E-state index contributed by atoms with van der Waals surface area (Å²) in [5.41, 5.74) is 0.972. The van der Waals surface area contributed by atoms with Crippen LogP contribution in [0.2, 0.25) is 5.02 Å². The molecule has 1 aromatic rings. The maximum Gasteiger partial charge on any atom is 0.322 e. The first-order chi connectivity index (χ1) is 11.5. The lowest BCUT2D eigenvalue weighted by atomic mass is 10.1. The number of carbonyl (C=O) groups excluding carboxylic acids is 3. The summed E-state index contributed by atoms with van der Waals surface area (Å²) in [7, 11) is 0. The van der Waals surface area contributed by atoms with Crippen molar-refractivity contribution in [2.75, 3.05) is 19.7 Å². The fourth-order valence-corrected chi connectivity index (χ4v) is 2.97. The second-order valence-corrected chi connectivity index (χ2v) is 6.24. The van der Waals surface area contributed by atoms with Gasteiger partial charge >= 0.3 is 6.03 Å². The first-order valence-corrected chi connectivity index (χ1v) is 8.17. The van der Waals surface area contributed by atoms with Crippen molar-refractivity contribution in [3.63, 3.8) is 0 Å². The quantitative estimate of drug-likeness (QED) is 0.799. The second kappa shape index (κ2) is 7.19. The number of ether oxygens (including phenoxy) is 1. The minimum absolute atomic E-state index is 0.0498. The average Bonchev–Trinajstić information content (AvgIpc) is 2.91. The zero-order valence-electron chi connectivity index (χ0n) is 13.0. The summed E-state index contributed by atoms with van der Waals surface area (Å²) in [5, 5.41) is 5.31. The van der Waals surface area contributed by atoms with Crippen LogP contribution >= 0.6 is 11.6 Å². The third kappa shape index (κ3) is 3.85. The minimum Gasteiger partial charge on any atom is -0.370 e. The van der Waals surface area contributed by atoms with E-state index < -0.39 is 12.1 Å². The summed E-state index contributed by atoms with van der Waals surface area (Å²) in [5.74, 6) is -0.431.